The number of anilines is 1. The predicted octanol–water partition coefficient (Wildman–Crippen LogP) is 5.72. The van der Waals surface area contributed by atoms with Gasteiger partial charge in [-0.15, -0.1) is 0 Å². The van der Waals surface area contributed by atoms with Crippen LogP contribution in [0.5, 0.6) is 0 Å². The van der Waals surface area contributed by atoms with Crippen LogP contribution in [0.2, 0.25) is 5.02 Å². The lowest BCUT2D eigenvalue weighted by molar-refractivity contribution is 0.155. The first-order valence-corrected chi connectivity index (χ1v) is 10.2. The maximum atomic E-state index is 12.3. The van der Waals surface area contributed by atoms with Crippen LogP contribution in [0.25, 0.3) is 21.6 Å². The van der Waals surface area contributed by atoms with E-state index in [2.05, 4.69) is 15.3 Å². The quantitative estimate of drug-likeness (QED) is 0.453. The normalized spacial score (nSPS) is 11.0. The molecule has 2 aromatic heterocycles. The number of nitrogens with zero attached hydrogens (tertiary/aromatic N) is 3. The van der Waals surface area contributed by atoms with Crippen LogP contribution in [0.1, 0.15) is 16.8 Å². The number of aromatic nitrogens is 3. The molecule has 6 nitrogen and oxygen atoms in total. The summed E-state index contributed by atoms with van der Waals surface area (Å²) in [5.41, 5.74) is 5.55. The molecular weight excluding hydrogens is 408 g/mol. The standard InChI is InChI=1S/C21H19ClN4O2S/c1-12-8-15(22)5-6-16(12)20-24-13(2)19(29-20)25-21(27)28-10-14-4-7-18-17(9-14)23-11-26(18)3/h4-9,11H,10H2,1-3H3,(H,25,27). The van der Waals surface area contributed by atoms with Crippen LogP contribution in [0, 0.1) is 13.8 Å². The molecule has 2 heterocycles. The summed E-state index contributed by atoms with van der Waals surface area (Å²) in [5, 5.41) is 4.97. The number of aryl methyl sites for hydroxylation is 3. The van der Waals surface area contributed by atoms with Gasteiger partial charge in [-0.2, -0.15) is 0 Å². The van der Waals surface area contributed by atoms with Gasteiger partial charge in [0.2, 0.25) is 0 Å². The molecule has 4 rings (SSSR count). The molecule has 0 fully saturated rings. The Balaban J connectivity index is 1.43. The number of thiazole rings is 1. The molecule has 1 N–H and O–H groups in total. The molecule has 0 aliphatic carbocycles. The first-order chi connectivity index (χ1) is 13.9. The minimum Gasteiger partial charge on any atom is -0.444 e. The number of rotatable bonds is 4. The number of benzene rings is 2. The molecule has 4 aromatic rings. The lowest BCUT2D eigenvalue weighted by atomic mass is 10.1. The number of nitrogens with one attached hydrogen (secondary N) is 1. The van der Waals surface area contributed by atoms with Crippen LogP contribution in [-0.4, -0.2) is 20.6 Å². The fourth-order valence-corrected chi connectivity index (χ4v) is 4.31. The maximum absolute atomic E-state index is 12.3. The number of hydrogen-bond donors (Lipinski definition) is 1. The molecule has 0 atom stereocenters. The summed E-state index contributed by atoms with van der Waals surface area (Å²) >= 11 is 7.44. The van der Waals surface area contributed by atoms with Gasteiger partial charge in [-0.3, -0.25) is 5.32 Å². The van der Waals surface area contributed by atoms with E-state index in [4.69, 9.17) is 16.3 Å². The van der Waals surface area contributed by atoms with E-state index in [1.54, 1.807) is 6.33 Å². The van der Waals surface area contributed by atoms with Gasteiger partial charge in [0.05, 0.1) is 23.1 Å². The molecule has 0 aliphatic rings. The lowest BCUT2D eigenvalue weighted by Crippen LogP contribution is -2.13. The molecule has 2 aromatic carbocycles. The van der Waals surface area contributed by atoms with Gasteiger partial charge in [0.15, 0.2) is 0 Å². The third-order valence-corrected chi connectivity index (χ3v) is 5.93. The molecule has 29 heavy (non-hydrogen) atoms. The van der Waals surface area contributed by atoms with Gasteiger partial charge in [-0.25, -0.2) is 14.8 Å². The van der Waals surface area contributed by atoms with Crippen LogP contribution >= 0.6 is 22.9 Å². The van der Waals surface area contributed by atoms with Crippen molar-refractivity contribution in [1.82, 2.24) is 14.5 Å². The molecule has 0 saturated heterocycles. The highest BCUT2D eigenvalue weighted by atomic mass is 35.5. The number of halogens is 1. The highest BCUT2D eigenvalue weighted by molar-refractivity contribution is 7.19. The van der Waals surface area contributed by atoms with Crippen LogP contribution in [0.3, 0.4) is 0 Å². The van der Waals surface area contributed by atoms with Crippen LogP contribution in [0.4, 0.5) is 9.80 Å². The Morgan fingerprint density at radius 2 is 2.07 bits per heavy atom. The summed E-state index contributed by atoms with van der Waals surface area (Å²) in [6.45, 7) is 4.01. The Morgan fingerprint density at radius 3 is 2.86 bits per heavy atom. The zero-order chi connectivity index (χ0) is 20.5. The Hall–Kier alpha value is -2.90. The monoisotopic (exact) mass is 426 g/mol. The third-order valence-electron chi connectivity index (χ3n) is 4.59. The summed E-state index contributed by atoms with van der Waals surface area (Å²) in [4.78, 5) is 21.2. The lowest BCUT2D eigenvalue weighted by Gasteiger charge is -2.06. The van der Waals surface area contributed by atoms with E-state index in [1.807, 2.05) is 61.9 Å². The molecule has 148 valence electrons. The number of ether oxygens (including phenoxy) is 1. The van der Waals surface area contributed by atoms with E-state index in [1.165, 1.54) is 11.3 Å². The van der Waals surface area contributed by atoms with Crippen molar-refractivity contribution in [1.29, 1.82) is 0 Å². The number of amides is 1. The van der Waals surface area contributed by atoms with E-state index in [-0.39, 0.29) is 6.61 Å². The fourth-order valence-electron chi connectivity index (χ4n) is 3.04. The molecule has 0 spiro atoms. The van der Waals surface area contributed by atoms with Gasteiger partial charge in [-0.05, 0) is 49.2 Å². The fraction of sp³-hybridized carbons (Fsp3) is 0.190. The Morgan fingerprint density at radius 1 is 1.24 bits per heavy atom. The second-order valence-electron chi connectivity index (χ2n) is 6.77. The van der Waals surface area contributed by atoms with Crippen molar-refractivity contribution >= 4 is 45.1 Å². The van der Waals surface area contributed by atoms with Crippen LogP contribution < -0.4 is 5.32 Å². The van der Waals surface area contributed by atoms with E-state index in [9.17, 15) is 4.79 Å². The third kappa shape index (κ3) is 4.11. The summed E-state index contributed by atoms with van der Waals surface area (Å²) in [6.07, 6.45) is 1.24. The molecular formula is C21H19ClN4O2S. The molecule has 0 aliphatic heterocycles. The first kappa shape index (κ1) is 19.4. The van der Waals surface area contributed by atoms with Crippen molar-refractivity contribution in [3.8, 4) is 10.6 Å². The topological polar surface area (TPSA) is 69.0 Å². The van der Waals surface area contributed by atoms with Gasteiger partial charge in [0.25, 0.3) is 0 Å². The van der Waals surface area contributed by atoms with Gasteiger partial charge in [0, 0.05) is 17.6 Å². The molecule has 8 heteroatoms. The smallest absolute Gasteiger partial charge is 0.412 e. The second-order valence-corrected chi connectivity index (χ2v) is 8.21. The zero-order valence-corrected chi connectivity index (χ0v) is 17.8. The summed E-state index contributed by atoms with van der Waals surface area (Å²) in [6, 6.07) is 11.5. The largest absolute Gasteiger partial charge is 0.444 e. The van der Waals surface area contributed by atoms with E-state index in [0.717, 1.165) is 38.4 Å². The first-order valence-electron chi connectivity index (χ1n) is 8.98. The number of carbonyl (C=O) groups is 1. The number of hydrogen-bond acceptors (Lipinski definition) is 5. The van der Waals surface area contributed by atoms with E-state index < -0.39 is 6.09 Å². The van der Waals surface area contributed by atoms with Crippen molar-refractivity contribution < 1.29 is 9.53 Å². The minimum atomic E-state index is -0.516. The Bertz CT molecular complexity index is 1210. The maximum Gasteiger partial charge on any atom is 0.412 e. The number of fused-ring (bicyclic) bond motifs is 1. The number of imidazole rings is 1. The summed E-state index contributed by atoms with van der Waals surface area (Å²) in [7, 11) is 1.94. The highest BCUT2D eigenvalue weighted by Gasteiger charge is 2.14. The molecule has 0 radical (unpaired) electrons. The Kier molecular flexibility index (Phi) is 5.25. The average Bonchev–Trinajstić information content (AvgIpc) is 3.23. The van der Waals surface area contributed by atoms with Crippen molar-refractivity contribution in [2.24, 2.45) is 7.05 Å². The van der Waals surface area contributed by atoms with Crippen LogP contribution in [0.15, 0.2) is 42.7 Å². The Labute approximate surface area is 177 Å². The van der Waals surface area contributed by atoms with E-state index in [0.29, 0.717) is 10.0 Å². The minimum absolute atomic E-state index is 0.166. The zero-order valence-electron chi connectivity index (χ0n) is 16.2. The molecule has 1 amide bonds. The summed E-state index contributed by atoms with van der Waals surface area (Å²) < 4.78 is 7.32. The van der Waals surface area contributed by atoms with Gasteiger partial charge >= 0.3 is 6.09 Å². The average molecular weight is 427 g/mol. The SMILES string of the molecule is Cc1cc(Cl)ccc1-c1nc(C)c(NC(=O)OCc2ccc3c(c2)ncn3C)s1. The molecule has 0 bridgehead atoms. The van der Waals surface area contributed by atoms with Gasteiger partial charge in [-0.1, -0.05) is 35.1 Å². The van der Waals surface area contributed by atoms with Crippen LogP contribution in [-0.2, 0) is 18.4 Å². The molecule has 0 saturated carbocycles. The number of carbonyl (C=O) groups excluding carboxylic acids is 1. The molecule has 0 unspecified atom stereocenters. The van der Waals surface area contributed by atoms with Crippen molar-refractivity contribution in [3.05, 3.63) is 64.6 Å². The van der Waals surface area contributed by atoms with Crippen molar-refractivity contribution in [3.63, 3.8) is 0 Å². The van der Waals surface area contributed by atoms with Gasteiger partial charge < -0.3 is 9.30 Å². The predicted molar refractivity (Wildman–Crippen MR) is 117 cm³/mol. The summed E-state index contributed by atoms with van der Waals surface area (Å²) in [5.74, 6) is 0. The van der Waals surface area contributed by atoms with E-state index >= 15 is 0 Å². The van der Waals surface area contributed by atoms with Gasteiger partial charge in [0.1, 0.15) is 16.6 Å². The van der Waals surface area contributed by atoms with Crippen molar-refractivity contribution in [2.75, 3.05) is 5.32 Å². The highest BCUT2D eigenvalue weighted by Crippen LogP contribution is 2.34. The van der Waals surface area contributed by atoms with Crippen molar-refractivity contribution in [2.45, 2.75) is 20.5 Å². The second kappa shape index (κ2) is 7.85.